The molecule has 5 rings (SSSR count). The van der Waals surface area contributed by atoms with Gasteiger partial charge in [-0.25, -0.2) is 0 Å². The number of rotatable bonds is 3. The second-order valence-corrected chi connectivity index (χ2v) is 10.3. The molecule has 32 heavy (non-hydrogen) atoms. The number of carbonyl (C=O) groups is 2. The topological polar surface area (TPSA) is 91.7 Å². The molecule has 0 bridgehead atoms. The number of ether oxygens (including phenoxy) is 2. The van der Waals surface area contributed by atoms with Crippen molar-refractivity contribution in [3.8, 4) is 6.07 Å². The van der Waals surface area contributed by atoms with Gasteiger partial charge in [0.05, 0.1) is 30.1 Å². The molecule has 1 amide bonds. The predicted molar refractivity (Wildman–Crippen MR) is 116 cm³/mol. The van der Waals surface area contributed by atoms with Crippen molar-refractivity contribution in [3.63, 3.8) is 0 Å². The summed E-state index contributed by atoms with van der Waals surface area (Å²) in [5.74, 6) is 0.477. The summed E-state index contributed by atoms with van der Waals surface area (Å²) in [5.41, 5.74) is 0. The summed E-state index contributed by atoms with van der Waals surface area (Å²) in [4.78, 5) is 27.9. The van der Waals surface area contributed by atoms with E-state index in [9.17, 15) is 14.9 Å². The third-order valence-electron chi connectivity index (χ3n) is 8.54. The quantitative estimate of drug-likeness (QED) is 0.409. The van der Waals surface area contributed by atoms with E-state index in [0.717, 1.165) is 64.2 Å². The fourth-order valence-electron chi connectivity index (χ4n) is 7.01. The third-order valence-corrected chi connectivity index (χ3v) is 8.54. The van der Waals surface area contributed by atoms with Crippen LogP contribution in [0.4, 0.5) is 0 Å². The van der Waals surface area contributed by atoms with Crippen LogP contribution in [-0.2, 0) is 19.1 Å². The van der Waals surface area contributed by atoms with Crippen LogP contribution in [0, 0.1) is 35.0 Å². The molecule has 3 saturated carbocycles. The van der Waals surface area contributed by atoms with Crippen LogP contribution in [0.5, 0.6) is 0 Å². The maximum atomic E-state index is 13.5. The van der Waals surface area contributed by atoms with Gasteiger partial charge in [0.25, 0.3) is 0 Å². The second kappa shape index (κ2) is 9.43. The Morgan fingerprint density at radius 1 is 1.03 bits per heavy atom. The van der Waals surface area contributed by atoms with Crippen LogP contribution in [-0.4, -0.2) is 41.6 Å². The van der Waals surface area contributed by atoms with Crippen molar-refractivity contribution in [1.29, 1.82) is 5.26 Å². The van der Waals surface area contributed by atoms with Gasteiger partial charge in [-0.3, -0.25) is 14.5 Å². The van der Waals surface area contributed by atoms with E-state index in [2.05, 4.69) is 11.4 Å². The lowest BCUT2D eigenvalue weighted by atomic mass is 9.65. The highest BCUT2D eigenvalue weighted by molar-refractivity contribution is 5.83. The maximum absolute atomic E-state index is 13.5. The number of carbonyl (C=O) groups excluding carboxylic acids is 2. The zero-order chi connectivity index (χ0) is 22.1. The summed E-state index contributed by atoms with van der Waals surface area (Å²) < 4.78 is 12.3. The van der Waals surface area contributed by atoms with Crippen LogP contribution >= 0.6 is 0 Å². The number of fused-ring (bicyclic) bond motifs is 3. The van der Waals surface area contributed by atoms with Crippen molar-refractivity contribution in [2.45, 2.75) is 95.3 Å². The highest BCUT2D eigenvalue weighted by Gasteiger charge is 2.50. The summed E-state index contributed by atoms with van der Waals surface area (Å²) in [7, 11) is 0. The van der Waals surface area contributed by atoms with Gasteiger partial charge in [-0.05, 0) is 50.4 Å². The molecule has 7 nitrogen and oxygen atoms in total. The zero-order valence-corrected chi connectivity index (χ0v) is 18.8. The molecule has 3 aliphatic carbocycles. The van der Waals surface area contributed by atoms with E-state index in [1.54, 1.807) is 0 Å². The largest absolute Gasteiger partial charge is 0.430 e. The molecule has 6 unspecified atom stereocenters. The maximum Gasteiger partial charge on any atom is 0.314 e. The van der Waals surface area contributed by atoms with Crippen LogP contribution in [0.1, 0.15) is 77.0 Å². The fraction of sp³-hybridized carbons (Fsp3) is 0.800. The number of hydrogen-bond acceptors (Lipinski definition) is 6. The molecule has 0 spiro atoms. The molecule has 0 aromatic heterocycles. The number of nitrogens with one attached hydrogen (secondary N) is 1. The van der Waals surface area contributed by atoms with Crippen LogP contribution in [0.3, 0.4) is 0 Å². The molecule has 5 aliphatic rings. The summed E-state index contributed by atoms with van der Waals surface area (Å²) in [5, 5.41) is 12.7. The lowest BCUT2D eigenvalue weighted by molar-refractivity contribution is -0.190. The molecule has 2 heterocycles. The average molecular weight is 442 g/mol. The van der Waals surface area contributed by atoms with Crippen molar-refractivity contribution in [3.05, 3.63) is 12.1 Å². The molecule has 2 saturated heterocycles. The number of amides is 1. The lowest BCUT2D eigenvalue weighted by Gasteiger charge is -2.49. The van der Waals surface area contributed by atoms with Crippen LogP contribution in [0.2, 0.25) is 0 Å². The smallest absolute Gasteiger partial charge is 0.314 e. The first-order valence-electron chi connectivity index (χ1n) is 12.7. The Labute approximate surface area is 190 Å². The Morgan fingerprint density at radius 3 is 2.34 bits per heavy atom. The summed E-state index contributed by atoms with van der Waals surface area (Å²) >= 11 is 0. The van der Waals surface area contributed by atoms with Gasteiger partial charge in [0.2, 0.25) is 5.91 Å². The highest BCUT2D eigenvalue weighted by atomic mass is 16.5. The lowest BCUT2D eigenvalue weighted by Crippen LogP contribution is -2.56. The third kappa shape index (κ3) is 4.03. The molecule has 0 radical (unpaired) electrons. The Morgan fingerprint density at radius 2 is 1.66 bits per heavy atom. The first-order valence-corrected chi connectivity index (χ1v) is 12.7. The van der Waals surface area contributed by atoms with Crippen molar-refractivity contribution in [2.75, 3.05) is 6.54 Å². The molecule has 6 atom stereocenters. The van der Waals surface area contributed by atoms with E-state index < -0.39 is 0 Å². The average Bonchev–Trinajstić information content (AvgIpc) is 2.83. The Bertz CT molecular complexity index is 783. The Balaban J connectivity index is 1.35. The highest BCUT2D eigenvalue weighted by Crippen LogP contribution is 2.48. The van der Waals surface area contributed by atoms with Gasteiger partial charge < -0.3 is 14.8 Å². The monoisotopic (exact) mass is 441 g/mol. The number of nitriles is 1. The standard InChI is InChI=1S/C25H35N3O4/c26-13-14-28-22(27-19-10-4-1-7-16(19)24(28)29)15-31-25(30)23-17-8-2-5-11-20(17)32-21-12-6-3-9-18(21)23/h15-21,23,27H,1-12,14H2/b22-15-. The van der Waals surface area contributed by atoms with Gasteiger partial charge in [-0.1, -0.05) is 38.5 Å². The minimum Gasteiger partial charge on any atom is -0.430 e. The first-order chi connectivity index (χ1) is 15.7. The van der Waals surface area contributed by atoms with Gasteiger partial charge >= 0.3 is 5.97 Å². The molecule has 0 aromatic carbocycles. The Kier molecular flexibility index (Phi) is 6.41. The summed E-state index contributed by atoms with van der Waals surface area (Å²) in [6.07, 6.45) is 14.4. The molecule has 2 aliphatic heterocycles. The van der Waals surface area contributed by atoms with E-state index in [0.29, 0.717) is 5.82 Å². The molecular weight excluding hydrogens is 406 g/mol. The van der Waals surface area contributed by atoms with Crippen LogP contribution in [0.25, 0.3) is 0 Å². The first kappa shape index (κ1) is 21.8. The number of esters is 1. The predicted octanol–water partition coefficient (Wildman–Crippen LogP) is 3.61. The van der Waals surface area contributed by atoms with Crippen molar-refractivity contribution in [2.24, 2.45) is 23.7 Å². The van der Waals surface area contributed by atoms with Crippen molar-refractivity contribution < 1.29 is 19.1 Å². The van der Waals surface area contributed by atoms with Crippen LogP contribution < -0.4 is 5.32 Å². The van der Waals surface area contributed by atoms with E-state index in [4.69, 9.17) is 9.47 Å². The molecule has 7 heteroatoms. The normalized spacial score (nSPS) is 40.3. The van der Waals surface area contributed by atoms with E-state index >= 15 is 0 Å². The van der Waals surface area contributed by atoms with Crippen molar-refractivity contribution in [1.82, 2.24) is 10.2 Å². The van der Waals surface area contributed by atoms with E-state index in [1.165, 1.54) is 24.0 Å². The van der Waals surface area contributed by atoms with Crippen molar-refractivity contribution >= 4 is 11.9 Å². The minimum absolute atomic E-state index is 0.0249. The number of hydrogen-bond donors (Lipinski definition) is 1. The molecule has 1 N–H and O–H groups in total. The van der Waals surface area contributed by atoms with Gasteiger partial charge in [-0.15, -0.1) is 0 Å². The second-order valence-electron chi connectivity index (χ2n) is 10.3. The molecular formula is C25H35N3O4. The van der Waals surface area contributed by atoms with Gasteiger partial charge in [0, 0.05) is 6.04 Å². The Hall–Kier alpha value is -2.07. The minimum atomic E-state index is -0.188. The SMILES string of the molecule is N#CCN1C(=O)C2CCCCC2N/C1=C/OC(=O)C1C2CCCCC2OC2CCCCC21. The zero-order valence-electron chi connectivity index (χ0n) is 18.8. The van der Waals surface area contributed by atoms with Gasteiger partial charge in [-0.2, -0.15) is 5.26 Å². The van der Waals surface area contributed by atoms with Gasteiger partial charge in [0.15, 0.2) is 0 Å². The summed E-state index contributed by atoms with van der Waals surface area (Å²) in [6.45, 7) is -0.0366. The van der Waals surface area contributed by atoms with E-state index in [1.807, 2.05) is 0 Å². The molecule has 0 aromatic rings. The fourth-order valence-corrected chi connectivity index (χ4v) is 7.01. The van der Waals surface area contributed by atoms with Gasteiger partial charge in [0.1, 0.15) is 18.6 Å². The van der Waals surface area contributed by atoms with Crippen LogP contribution in [0.15, 0.2) is 12.1 Å². The summed E-state index contributed by atoms with van der Waals surface area (Å²) in [6, 6.07) is 2.15. The molecule has 174 valence electrons. The van der Waals surface area contributed by atoms with E-state index in [-0.39, 0.29) is 60.3 Å². The number of nitrogens with zero attached hydrogens (tertiary/aromatic N) is 2. The molecule has 5 fully saturated rings.